The molecule has 0 saturated heterocycles. The van der Waals surface area contributed by atoms with Crippen LogP contribution in [0, 0.1) is 5.92 Å². The van der Waals surface area contributed by atoms with Crippen molar-refractivity contribution in [1.82, 2.24) is 25.5 Å². The van der Waals surface area contributed by atoms with Gasteiger partial charge in [0.1, 0.15) is 0 Å². The topological polar surface area (TPSA) is 72.7 Å². The van der Waals surface area contributed by atoms with Gasteiger partial charge in [-0.05, 0) is 24.3 Å². The molecule has 0 atom stereocenters. The van der Waals surface area contributed by atoms with Crippen LogP contribution in [0.5, 0.6) is 0 Å². The summed E-state index contributed by atoms with van der Waals surface area (Å²) in [4.78, 5) is 11.3. The van der Waals surface area contributed by atoms with Crippen LogP contribution < -0.4 is 5.32 Å². The highest BCUT2D eigenvalue weighted by Crippen LogP contribution is 2.03. The van der Waals surface area contributed by atoms with Crippen LogP contribution in [-0.4, -0.2) is 32.7 Å². The summed E-state index contributed by atoms with van der Waals surface area (Å²) in [6, 6.07) is 0.241. The quantitative estimate of drug-likeness (QED) is 0.795. The summed E-state index contributed by atoms with van der Waals surface area (Å²) in [5.41, 5.74) is 0. The Bertz CT molecular complexity index is 345. The summed E-state index contributed by atoms with van der Waals surface area (Å²) >= 11 is 0. The van der Waals surface area contributed by atoms with Crippen LogP contribution in [0.25, 0.3) is 0 Å². The predicted molar refractivity (Wildman–Crippen MR) is 59.8 cm³/mol. The van der Waals surface area contributed by atoms with Crippen molar-refractivity contribution in [2.75, 3.05) is 6.54 Å². The maximum atomic E-state index is 11.3. The number of amides is 1. The van der Waals surface area contributed by atoms with Gasteiger partial charge in [-0.3, -0.25) is 4.79 Å². The SMILES string of the molecule is CC(C)C(=O)NCCc1nnnn1C(C)C. The standard InChI is InChI=1S/C10H19N5O/c1-7(2)10(16)11-6-5-9-12-13-14-15(9)8(3)4/h7-8H,5-6H2,1-4H3,(H,11,16). The van der Waals surface area contributed by atoms with E-state index < -0.39 is 0 Å². The molecular weight excluding hydrogens is 206 g/mol. The van der Waals surface area contributed by atoms with Gasteiger partial charge >= 0.3 is 0 Å². The van der Waals surface area contributed by atoms with E-state index in [0.29, 0.717) is 13.0 Å². The van der Waals surface area contributed by atoms with E-state index in [1.807, 2.05) is 27.7 Å². The Labute approximate surface area is 95.4 Å². The van der Waals surface area contributed by atoms with Crippen LogP contribution in [-0.2, 0) is 11.2 Å². The minimum absolute atomic E-state index is 0.0149. The second kappa shape index (κ2) is 5.58. The molecule has 0 aliphatic rings. The van der Waals surface area contributed by atoms with E-state index in [4.69, 9.17) is 0 Å². The first-order chi connectivity index (χ1) is 7.52. The zero-order valence-corrected chi connectivity index (χ0v) is 10.3. The van der Waals surface area contributed by atoms with Crippen LogP contribution in [0.2, 0.25) is 0 Å². The molecule has 6 nitrogen and oxygen atoms in total. The lowest BCUT2D eigenvalue weighted by Gasteiger charge is -2.09. The summed E-state index contributed by atoms with van der Waals surface area (Å²) in [5.74, 6) is 0.878. The largest absolute Gasteiger partial charge is 0.355 e. The summed E-state index contributed by atoms with van der Waals surface area (Å²) in [5, 5.41) is 14.3. The minimum atomic E-state index is 0.0149. The molecular formula is C10H19N5O. The van der Waals surface area contributed by atoms with Crippen molar-refractivity contribution in [3.8, 4) is 0 Å². The number of carbonyl (C=O) groups is 1. The highest BCUT2D eigenvalue weighted by atomic mass is 16.1. The molecule has 1 heterocycles. The van der Waals surface area contributed by atoms with E-state index >= 15 is 0 Å². The number of rotatable bonds is 5. The van der Waals surface area contributed by atoms with Crippen molar-refractivity contribution in [3.05, 3.63) is 5.82 Å². The zero-order chi connectivity index (χ0) is 12.1. The third-order valence-electron chi connectivity index (χ3n) is 2.22. The Balaban J connectivity index is 2.43. The Kier molecular flexibility index (Phi) is 4.39. The summed E-state index contributed by atoms with van der Waals surface area (Å²) < 4.78 is 1.77. The van der Waals surface area contributed by atoms with Crippen molar-refractivity contribution in [3.63, 3.8) is 0 Å². The van der Waals surface area contributed by atoms with Gasteiger partial charge < -0.3 is 5.32 Å². The number of tetrazole rings is 1. The third-order valence-corrected chi connectivity index (χ3v) is 2.22. The molecule has 0 aromatic carbocycles. The van der Waals surface area contributed by atoms with Gasteiger partial charge in [0.2, 0.25) is 5.91 Å². The highest BCUT2D eigenvalue weighted by Gasteiger charge is 2.10. The predicted octanol–water partition coefficient (Wildman–Crippen LogP) is 0.569. The summed E-state index contributed by atoms with van der Waals surface area (Å²) in [6.45, 7) is 8.35. The maximum Gasteiger partial charge on any atom is 0.222 e. The molecule has 0 saturated carbocycles. The molecule has 6 heteroatoms. The van der Waals surface area contributed by atoms with Gasteiger partial charge in [-0.2, -0.15) is 0 Å². The number of hydrogen-bond donors (Lipinski definition) is 1. The van der Waals surface area contributed by atoms with E-state index in [1.54, 1.807) is 4.68 Å². The normalized spacial score (nSPS) is 11.1. The molecule has 0 spiro atoms. The van der Waals surface area contributed by atoms with Gasteiger partial charge in [0.05, 0.1) is 6.04 Å². The van der Waals surface area contributed by atoms with Crippen LogP contribution in [0.15, 0.2) is 0 Å². The Morgan fingerprint density at radius 3 is 2.62 bits per heavy atom. The van der Waals surface area contributed by atoms with Crippen molar-refractivity contribution in [2.24, 2.45) is 5.92 Å². The molecule has 90 valence electrons. The molecule has 0 unspecified atom stereocenters. The minimum Gasteiger partial charge on any atom is -0.355 e. The average Bonchev–Trinajstić information content (AvgIpc) is 2.65. The van der Waals surface area contributed by atoms with Gasteiger partial charge in [0, 0.05) is 18.9 Å². The van der Waals surface area contributed by atoms with Crippen molar-refractivity contribution < 1.29 is 4.79 Å². The maximum absolute atomic E-state index is 11.3. The lowest BCUT2D eigenvalue weighted by molar-refractivity contribution is -0.123. The zero-order valence-electron chi connectivity index (χ0n) is 10.3. The van der Waals surface area contributed by atoms with Gasteiger partial charge in [-0.15, -0.1) is 5.10 Å². The van der Waals surface area contributed by atoms with Crippen LogP contribution >= 0.6 is 0 Å². The molecule has 1 amide bonds. The average molecular weight is 225 g/mol. The van der Waals surface area contributed by atoms with Crippen LogP contribution in [0.1, 0.15) is 39.6 Å². The monoisotopic (exact) mass is 225 g/mol. The van der Waals surface area contributed by atoms with E-state index in [-0.39, 0.29) is 17.9 Å². The molecule has 1 aromatic heterocycles. The fraction of sp³-hybridized carbons (Fsp3) is 0.800. The molecule has 0 bridgehead atoms. The first-order valence-corrected chi connectivity index (χ1v) is 5.56. The van der Waals surface area contributed by atoms with Crippen LogP contribution in [0.4, 0.5) is 0 Å². The molecule has 0 radical (unpaired) electrons. The second-order valence-electron chi connectivity index (χ2n) is 4.33. The fourth-order valence-electron chi connectivity index (χ4n) is 1.28. The molecule has 0 fully saturated rings. The van der Waals surface area contributed by atoms with E-state index in [2.05, 4.69) is 20.8 Å². The Morgan fingerprint density at radius 2 is 2.06 bits per heavy atom. The molecule has 0 aliphatic heterocycles. The van der Waals surface area contributed by atoms with Gasteiger partial charge in [-0.1, -0.05) is 13.8 Å². The number of carbonyl (C=O) groups excluding carboxylic acids is 1. The van der Waals surface area contributed by atoms with Crippen molar-refractivity contribution in [1.29, 1.82) is 0 Å². The lowest BCUT2D eigenvalue weighted by Crippen LogP contribution is -2.30. The first kappa shape index (κ1) is 12.6. The number of aromatic nitrogens is 4. The summed E-state index contributed by atoms with van der Waals surface area (Å²) in [7, 11) is 0. The van der Waals surface area contributed by atoms with Gasteiger partial charge in [0.25, 0.3) is 0 Å². The Hall–Kier alpha value is -1.46. The van der Waals surface area contributed by atoms with Crippen molar-refractivity contribution >= 4 is 5.91 Å². The number of hydrogen-bond acceptors (Lipinski definition) is 4. The second-order valence-corrected chi connectivity index (χ2v) is 4.33. The number of nitrogens with one attached hydrogen (secondary N) is 1. The van der Waals surface area contributed by atoms with Crippen molar-refractivity contribution in [2.45, 2.75) is 40.2 Å². The number of nitrogens with zero attached hydrogens (tertiary/aromatic N) is 4. The smallest absolute Gasteiger partial charge is 0.222 e. The molecule has 1 aromatic rings. The van der Waals surface area contributed by atoms with Crippen LogP contribution in [0.3, 0.4) is 0 Å². The van der Waals surface area contributed by atoms with Gasteiger partial charge in [-0.25, -0.2) is 4.68 Å². The summed E-state index contributed by atoms with van der Waals surface area (Å²) in [6.07, 6.45) is 0.656. The Morgan fingerprint density at radius 1 is 1.38 bits per heavy atom. The van der Waals surface area contributed by atoms with E-state index in [9.17, 15) is 4.79 Å². The lowest BCUT2D eigenvalue weighted by atomic mass is 10.2. The molecule has 16 heavy (non-hydrogen) atoms. The molecule has 1 N–H and O–H groups in total. The van der Waals surface area contributed by atoms with Gasteiger partial charge in [0.15, 0.2) is 5.82 Å². The first-order valence-electron chi connectivity index (χ1n) is 5.56. The molecule has 0 aliphatic carbocycles. The van der Waals surface area contributed by atoms with E-state index in [1.165, 1.54) is 0 Å². The third kappa shape index (κ3) is 3.29. The molecule has 1 rings (SSSR count). The fourth-order valence-corrected chi connectivity index (χ4v) is 1.28. The highest BCUT2D eigenvalue weighted by molar-refractivity contribution is 5.77. The van der Waals surface area contributed by atoms with E-state index in [0.717, 1.165) is 5.82 Å².